The molecule has 112 valence electrons. The van der Waals surface area contributed by atoms with E-state index in [0.717, 1.165) is 11.1 Å². The van der Waals surface area contributed by atoms with Gasteiger partial charge in [0.25, 0.3) is 5.91 Å². The first-order valence-corrected chi connectivity index (χ1v) is 6.95. The van der Waals surface area contributed by atoms with Gasteiger partial charge < -0.3 is 10.0 Å². The van der Waals surface area contributed by atoms with E-state index in [0.29, 0.717) is 12.1 Å². The topological polar surface area (TPSA) is 83.4 Å². The lowest BCUT2D eigenvalue weighted by molar-refractivity contribution is -0.142. The Hall–Kier alpha value is -2.76. The molecule has 6 heteroatoms. The maximum Gasteiger partial charge on any atom is 0.326 e. The van der Waals surface area contributed by atoms with E-state index in [4.69, 9.17) is 0 Å². The maximum absolute atomic E-state index is 12.6. The minimum Gasteiger partial charge on any atom is -0.480 e. The predicted octanol–water partition coefficient (Wildman–Crippen LogP) is 1.44. The number of hydrogen-bond acceptors (Lipinski definition) is 4. The number of carboxylic acids is 1. The molecule has 22 heavy (non-hydrogen) atoms. The normalized spacial score (nSPS) is 17.0. The Kier molecular flexibility index (Phi) is 3.58. The van der Waals surface area contributed by atoms with Gasteiger partial charge in [0.2, 0.25) is 0 Å². The summed E-state index contributed by atoms with van der Waals surface area (Å²) in [4.78, 5) is 33.6. The van der Waals surface area contributed by atoms with Gasteiger partial charge in [-0.3, -0.25) is 9.78 Å². The molecule has 2 aromatic rings. The van der Waals surface area contributed by atoms with Crippen LogP contribution in [-0.2, 0) is 17.8 Å². The Morgan fingerprint density at radius 2 is 1.91 bits per heavy atom. The van der Waals surface area contributed by atoms with E-state index in [2.05, 4.69) is 9.97 Å². The summed E-state index contributed by atoms with van der Waals surface area (Å²) in [6, 6.07) is 6.69. The molecule has 0 saturated heterocycles. The first-order valence-electron chi connectivity index (χ1n) is 6.95. The molecule has 0 fully saturated rings. The number of benzene rings is 1. The standard InChI is InChI=1S/C16H15N3O3/c1-10-7-18-13(8-17-10)15(20)19-9-12-5-3-2-4-11(12)6-14(19)16(21)22/h2-5,7-8,14H,6,9H2,1H3,(H,21,22)/t14-/m0/s1. The second kappa shape index (κ2) is 5.55. The van der Waals surface area contributed by atoms with Crippen molar-refractivity contribution >= 4 is 11.9 Å². The van der Waals surface area contributed by atoms with Crippen LogP contribution in [0.4, 0.5) is 0 Å². The predicted molar refractivity (Wildman–Crippen MR) is 78.2 cm³/mol. The molecule has 6 nitrogen and oxygen atoms in total. The van der Waals surface area contributed by atoms with Gasteiger partial charge in [0.05, 0.1) is 11.9 Å². The van der Waals surface area contributed by atoms with Crippen molar-refractivity contribution in [2.24, 2.45) is 0 Å². The number of carbonyl (C=O) groups excluding carboxylic acids is 1. The molecule has 1 N–H and O–H groups in total. The second-order valence-electron chi connectivity index (χ2n) is 5.30. The van der Waals surface area contributed by atoms with Crippen LogP contribution in [0, 0.1) is 6.92 Å². The highest BCUT2D eigenvalue weighted by molar-refractivity contribution is 5.95. The molecule has 0 aliphatic carbocycles. The van der Waals surface area contributed by atoms with Gasteiger partial charge in [0.1, 0.15) is 11.7 Å². The Bertz CT molecular complexity index is 728. The van der Waals surface area contributed by atoms with Crippen LogP contribution in [0.1, 0.15) is 27.3 Å². The average molecular weight is 297 g/mol. The van der Waals surface area contributed by atoms with Crippen molar-refractivity contribution in [2.75, 3.05) is 0 Å². The number of aromatic nitrogens is 2. The van der Waals surface area contributed by atoms with Gasteiger partial charge >= 0.3 is 5.97 Å². The zero-order valence-corrected chi connectivity index (χ0v) is 12.1. The maximum atomic E-state index is 12.6. The number of nitrogens with zero attached hydrogens (tertiary/aromatic N) is 3. The number of carboxylic acid groups (broad SMARTS) is 1. The summed E-state index contributed by atoms with van der Waals surface area (Å²) in [6.45, 7) is 2.04. The number of amides is 1. The van der Waals surface area contributed by atoms with Crippen LogP contribution in [0.3, 0.4) is 0 Å². The van der Waals surface area contributed by atoms with Gasteiger partial charge in [-0.15, -0.1) is 0 Å². The third-order valence-electron chi connectivity index (χ3n) is 3.79. The lowest BCUT2D eigenvalue weighted by Crippen LogP contribution is -2.48. The van der Waals surface area contributed by atoms with Crippen molar-refractivity contribution in [3.63, 3.8) is 0 Å². The molecule has 0 unspecified atom stereocenters. The molecule has 1 aliphatic heterocycles. The average Bonchev–Trinajstić information content (AvgIpc) is 2.53. The third-order valence-corrected chi connectivity index (χ3v) is 3.79. The van der Waals surface area contributed by atoms with Gasteiger partial charge in [0.15, 0.2) is 0 Å². The summed E-state index contributed by atoms with van der Waals surface area (Å²) in [7, 11) is 0. The minimum atomic E-state index is -1.01. The summed E-state index contributed by atoms with van der Waals surface area (Å²) in [6.07, 6.45) is 3.19. The van der Waals surface area contributed by atoms with Crippen LogP contribution in [-0.4, -0.2) is 37.9 Å². The number of fused-ring (bicyclic) bond motifs is 1. The summed E-state index contributed by atoms with van der Waals surface area (Å²) in [5.74, 6) is -1.42. The van der Waals surface area contributed by atoms with Crippen LogP contribution < -0.4 is 0 Å². The Balaban J connectivity index is 1.95. The van der Waals surface area contributed by atoms with E-state index in [1.54, 1.807) is 6.92 Å². The molecule has 1 aliphatic rings. The Morgan fingerprint density at radius 3 is 2.55 bits per heavy atom. The van der Waals surface area contributed by atoms with Crippen molar-refractivity contribution in [1.82, 2.24) is 14.9 Å². The van der Waals surface area contributed by atoms with E-state index in [9.17, 15) is 14.7 Å². The molecule has 1 amide bonds. The van der Waals surface area contributed by atoms with Gasteiger partial charge in [-0.25, -0.2) is 9.78 Å². The lowest BCUT2D eigenvalue weighted by Gasteiger charge is -2.34. The van der Waals surface area contributed by atoms with Crippen LogP contribution in [0.25, 0.3) is 0 Å². The molecule has 1 aromatic carbocycles. The number of hydrogen-bond donors (Lipinski definition) is 1. The highest BCUT2D eigenvalue weighted by atomic mass is 16.4. The van der Waals surface area contributed by atoms with E-state index < -0.39 is 17.9 Å². The Labute approximate surface area is 127 Å². The van der Waals surface area contributed by atoms with Crippen LogP contribution in [0.2, 0.25) is 0 Å². The van der Waals surface area contributed by atoms with Crippen molar-refractivity contribution in [2.45, 2.75) is 25.9 Å². The first-order chi connectivity index (χ1) is 10.6. The third kappa shape index (κ3) is 2.55. The van der Waals surface area contributed by atoms with Crippen molar-refractivity contribution in [1.29, 1.82) is 0 Å². The Morgan fingerprint density at radius 1 is 1.18 bits per heavy atom. The summed E-state index contributed by atoms with van der Waals surface area (Å²) in [5, 5.41) is 9.44. The fourth-order valence-corrected chi connectivity index (χ4v) is 2.61. The van der Waals surface area contributed by atoms with Gasteiger partial charge in [-0.2, -0.15) is 0 Å². The van der Waals surface area contributed by atoms with Crippen molar-refractivity contribution < 1.29 is 14.7 Å². The fraction of sp³-hybridized carbons (Fsp3) is 0.250. The molecule has 1 atom stereocenters. The van der Waals surface area contributed by atoms with E-state index in [-0.39, 0.29) is 12.2 Å². The minimum absolute atomic E-state index is 0.163. The van der Waals surface area contributed by atoms with Gasteiger partial charge in [0, 0.05) is 19.2 Å². The van der Waals surface area contributed by atoms with Crippen LogP contribution in [0.15, 0.2) is 36.7 Å². The van der Waals surface area contributed by atoms with E-state index >= 15 is 0 Å². The van der Waals surface area contributed by atoms with Crippen LogP contribution in [0.5, 0.6) is 0 Å². The second-order valence-corrected chi connectivity index (χ2v) is 5.30. The molecule has 3 rings (SSSR count). The van der Waals surface area contributed by atoms with Gasteiger partial charge in [-0.05, 0) is 18.1 Å². The molecule has 0 bridgehead atoms. The number of carbonyl (C=O) groups is 2. The number of aryl methyl sites for hydroxylation is 1. The summed E-state index contributed by atoms with van der Waals surface area (Å²) < 4.78 is 0. The summed E-state index contributed by atoms with van der Waals surface area (Å²) in [5.41, 5.74) is 2.80. The molecular formula is C16H15N3O3. The molecule has 2 heterocycles. The highest BCUT2D eigenvalue weighted by Gasteiger charge is 2.35. The molecule has 0 saturated carbocycles. The quantitative estimate of drug-likeness (QED) is 0.906. The highest BCUT2D eigenvalue weighted by Crippen LogP contribution is 2.24. The summed E-state index contributed by atoms with van der Waals surface area (Å²) >= 11 is 0. The largest absolute Gasteiger partial charge is 0.480 e. The molecule has 1 aromatic heterocycles. The lowest BCUT2D eigenvalue weighted by atomic mass is 9.93. The molecular weight excluding hydrogens is 282 g/mol. The van der Waals surface area contributed by atoms with Crippen molar-refractivity contribution in [3.05, 3.63) is 59.2 Å². The van der Waals surface area contributed by atoms with Crippen molar-refractivity contribution in [3.8, 4) is 0 Å². The SMILES string of the molecule is Cc1cnc(C(=O)N2Cc3ccccc3C[C@H]2C(=O)O)cn1. The molecule has 0 spiro atoms. The monoisotopic (exact) mass is 297 g/mol. The first kappa shape index (κ1) is 14.2. The zero-order chi connectivity index (χ0) is 15.7. The van der Waals surface area contributed by atoms with Gasteiger partial charge in [-0.1, -0.05) is 24.3 Å². The smallest absolute Gasteiger partial charge is 0.326 e. The van der Waals surface area contributed by atoms with E-state index in [1.807, 2.05) is 24.3 Å². The zero-order valence-electron chi connectivity index (χ0n) is 12.1. The van der Waals surface area contributed by atoms with Crippen LogP contribution >= 0.6 is 0 Å². The number of aliphatic carboxylic acids is 1. The molecule has 0 radical (unpaired) electrons. The van der Waals surface area contributed by atoms with E-state index in [1.165, 1.54) is 17.3 Å². The fourth-order valence-electron chi connectivity index (χ4n) is 2.61. The number of rotatable bonds is 2.